The number of pyridine rings is 1. The lowest BCUT2D eigenvalue weighted by molar-refractivity contribution is 0.754. The molecule has 2 aromatic rings. The Morgan fingerprint density at radius 1 is 1.47 bits per heavy atom. The monoisotopic (exact) mass is 313 g/mol. The standard InChI is InChI=1S/C12H13BrClN3/c1-8(2)11-3-4-17(16-11)12-9(6-14)5-10(13)7-15-12/h3-5,7-8H,6H2,1-2H3. The minimum absolute atomic E-state index is 0.408. The van der Waals surface area contributed by atoms with Crippen molar-refractivity contribution in [1.29, 1.82) is 0 Å². The van der Waals surface area contributed by atoms with E-state index in [1.165, 1.54) is 0 Å². The Morgan fingerprint density at radius 2 is 2.24 bits per heavy atom. The topological polar surface area (TPSA) is 30.7 Å². The second-order valence-electron chi connectivity index (χ2n) is 4.11. The minimum atomic E-state index is 0.408. The fraction of sp³-hybridized carbons (Fsp3) is 0.333. The van der Waals surface area contributed by atoms with Crippen LogP contribution >= 0.6 is 27.5 Å². The van der Waals surface area contributed by atoms with Gasteiger partial charge in [0.1, 0.15) is 0 Å². The molecule has 3 nitrogen and oxygen atoms in total. The van der Waals surface area contributed by atoms with Crippen molar-refractivity contribution in [3.63, 3.8) is 0 Å². The molecule has 0 radical (unpaired) electrons. The van der Waals surface area contributed by atoms with E-state index in [0.717, 1.165) is 21.5 Å². The highest BCUT2D eigenvalue weighted by molar-refractivity contribution is 9.10. The van der Waals surface area contributed by atoms with Crippen molar-refractivity contribution in [3.05, 3.63) is 40.3 Å². The van der Waals surface area contributed by atoms with E-state index in [-0.39, 0.29) is 0 Å². The van der Waals surface area contributed by atoms with Crippen LogP contribution in [0.25, 0.3) is 5.82 Å². The second kappa shape index (κ2) is 5.19. The average molecular weight is 315 g/mol. The largest absolute Gasteiger partial charge is 0.236 e. The van der Waals surface area contributed by atoms with Gasteiger partial charge in [-0.05, 0) is 34.0 Å². The summed E-state index contributed by atoms with van der Waals surface area (Å²) in [7, 11) is 0. The summed E-state index contributed by atoms with van der Waals surface area (Å²) >= 11 is 9.31. The molecule has 2 heterocycles. The Bertz CT molecular complexity index is 522. The van der Waals surface area contributed by atoms with Crippen molar-refractivity contribution < 1.29 is 0 Å². The van der Waals surface area contributed by atoms with Crippen LogP contribution < -0.4 is 0 Å². The predicted molar refractivity (Wildman–Crippen MR) is 72.7 cm³/mol. The Morgan fingerprint density at radius 3 is 2.82 bits per heavy atom. The molecular weight excluding hydrogens is 302 g/mol. The van der Waals surface area contributed by atoms with Crippen molar-refractivity contribution >= 4 is 27.5 Å². The van der Waals surface area contributed by atoms with Gasteiger partial charge in [0.2, 0.25) is 0 Å². The van der Waals surface area contributed by atoms with Gasteiger partial charge in [-0.3, -0.25) is 0 Å². The van der Waals surface area contributed by atoms with Gasteiger partial charge >= 0.3 is 0 Å². The first-order valence-electron chi connectivity index (χ1n) is 5.38. The maximum atomic E-state index is 5.92. The first-order valence-corrected chi connectivity index (χ1v) is 6.71. The normalized spacial score (nSPS) is 11.1. The molecule has 2 aromatic heterocycles. The number of hydrogen-bond donors (Lipinski definition) is 0. The average Bonchev–Trinajstić information content (AvgIpc) is 2.78. The summed E-state index contributed by atoms with van der Waals surface area (Å²) in [6.45, 7) is 4.23. The highest BCUT2D eigenvalue weighted by Gasteiger charge is 2.09. The summed E-state index contributed by atoms with van der Waals surface area (Å²) < 4.78 is 2.70. The van der Waals surface area contributed by atoms with Crippen molar-refractivity contribution in [1.82, 2.24) is 14.8 Å². The van der Waals surface area contributed by atoms with E-state index in [1.54, 1.807) is 10.9 Å². The molecule has 0 aliphatic heterocycles. The molecule has 0 bridgehead atoms. The molecule has 90 valence electrons. The summed E-state index contributed by atoms with van der Waals surface area (Å²) in [6.07, 6.45) is 3.67. The Hall–Kier alpha value is -0.870. The lowest BCUT2D eigenvalue weighted by Crippen LogP contribution is -2.03. The third-order valence-corrected chi connectivity index (χ3v) is 3.19. The molecule has 0 saturated carbocycles. The van der Waals surface area contributed by atoms with Gasteiger partial charge in [0.25, 0.3) is 0 Å². The number of hydrogen-bond acceptors (Lipinski definition) is 2. The summed E-state index contributed by atoms with van der Waals surface area (Å²) in [5, 5.41) is 4.50. The van der Waals surface area contributed by atoms with Gasteiger partial charge in [0.05, 0.1) is 11.6 Å². The molecule has 0 unspecified atom stereocenters. The van der Waals surface area contributed by atoms with Crippen molar-refractivity contribution in [2.45, 2.75) is 25.6 Å². The van der Waals surface area contributed by atoms with Crippen molar-refractivity contribution in [3.8, 4) is 5.82 Å². The zero-order chi connectivity index (χ0) is 12.4. The van der Waals surface area contributed by atoms with Crippen LogP contribution in [0.4, 0.5) is 0 Å². The Balaban J connectivity index is 2.44. The van der Waals surface area contributed by atoms with E-state index < -0.39 is 0 Å². The fourth-order valence-corrected chi connectivity index (χ4v) is 2.12. The highest BCUT2D eigenvalue weighted by Crippen LogP contribution is 2.20. The maximum Gasteiger partial charge on any atom is 0.157 e. The zero-order valence-corrected chi connectivity index (χ0v) is 12.0. The van der Waals surface area contributed by atoms with E-state index in [9.17, 15) is 0 Å². The molecule has 17 heavy (non-hydrogen) atoms. The molecule has 0 saturated heterocycles. The van der Waals surface area contributed by atoms with Crippen molar-refractivity contribution in [2.24, 2.45) is 0 Å². The molecule has 0 N–H and O–H groups in total. The van der Waals surface area contributed by atoms with Crippen LogP contribution in [0, 0.1) is 0 Å². The summed E-state index contributed by atoms with van der Waals surface area (Å²) in [5.41, 5.74) is 2.01. The highest BCUT2D eigenvalue weighted by atomic mass is 79.9. The van der Waals surface area contributed by atoms with Crippen molar-refractivity contribution in [2.75, 3.05) is 0 Å². The molecule has 0 spiro atoms. The fourth-order valence-electron chi connectivity index (χ4n) is 1.54. The number of rotatable bonds is 3. The predicted octanol–water partition coefficient (Wildman–Crippen LogP) is 3.89. The smallest absolute Gasteiger partial charge is 0.157 e. The number of alkyl halides is 1. The van der Waals surface area contributed by atoms with Crippen LogP contribution in [-0.2, 0) is 5.88 Å². The van der Waals surface area contributed by atoms with Crippen LogP contribution in [0.15, 0.2) is 29.0 Å². The molecule has 0 aliphatic carbocycles. The summed E-state index contributed by atoms with van der Waals surface area (Å²) in [5.74, 6) is 1.61. The van der Waals surface area contributed by atoms with Gasteiger partial charge < -0.3 is 0 Å². The van der Waals surface area contributed by atoms with E-state index in [1.807, 2.05) is 18.3 Å². The molecule has 0 aliphatic rings. The quantitative estimate of drug-likeness (QED) is 0.805. The lowest BCUT2D eigenvalue weighted by atomic mass is 10.1. The van der Waals surface area contributed by atoms with E-state index in [0.29, 0.717) is 11.8 Å². The third kappa shape index (κ3) is 2.69. The molecule has 0 amide bonds. The van der Waals surface area contributed by atoms with Crippen LogP contribution in [0.5, 0.6) is 0 Å². The van der Waals surface area contributed by atoms with Gasteiger partial charge in [-0.15, -0.1) is 11.6 Å². The lowest BCUT2D eigenvalue weighted by Gasteiger charge is -2.06. The molecule has 0 atom stereocenters. The van der Waals surface area contributed by atoms with Gasteiger partial charge in [-0.25, -0.2) is 9.67 Å². The Labute approximate surface area is 114 Å². The summed E-state index contributed by atoms with van der Waals surface area (Å²) in [6, 6.07) is 3.97. The van der Waals surface area contributed by atoms with Gasteiger partial charge in [0, 0.05) is 22.4 Å². The SMILES string of the molecule is CC(C)c1ccn(-c2ncc(Br)cc2CCl)n1. The number of halogens is 2. The first kappa shape index (κ1) is 12.6. The van der Waals surface area contributed by atoms with E-state index >= 15 is 0 Å². The molecule has 0 fully saturated rings. The molecular formula is C12H13BrClN3. The van der Waals surface area contributed by atoms with Crippen LogP contribution in [-0.4, -0.2) is 14.8 Å². The van der Waals surface area contributed by atoms with Crippen LogP contribution in [0.2, 0.25) is 0 Å². The van der Waals surface area contributed by atoms with Gasteiger partial charge in [-0.2, -0.15) is 5.10 Å². The number of aromatic nitrogens is 3. The third-order valence-electron chi connectivity index (χ3n) is 2.47. The second-order valence-corrected chi connectivity index (χ2v) is 5.29. The maximum absolute atomic E-state index is 5.92. The van der Waals surface area contributed by atoms with Crippen LogP contribution in [0.1, 0.15) is 31.0 Å². The van der Waals surface area contributed by atoms with Crippen LogP contribution in [0.3, 0.4) is 0 Å². The van der Waals surface area contributed by atoms with Gasteiger partial charge in [0.15, 0.2) is 5.82 Å². The number of nitrogens with zero attached hydrogens (tertiary/aromatic N) is 3. The molecule has 2 rings (SSSR count). The zero-order valence-electron chi connectivity index (χ0n) is 9.69. The summed E-state index contributed by atoms with van der Waals surface area (Å²) in [4.78, 5) is 4.36. The molecule has 5 heteroatoms. The van der Waals surface area contributed by atoms with E-state index in [4.69, 9.17) is 11.6 Å². The van der Waals surface area contributed by atoms with Gasteiger partial charge in [-0.1, -0.05) is 13.8 Å². The minimum Gasteiger partial charge on any atom is -0.236 e. The van der Waals surface area contributed by atoms with E-state index in [2.05, 4.69) is 39.9 Å². The Kier molecular flexibility index (Phi) is 3.84. The first-order chi connectivity index (χ1) is 8.11. The molecule has 0 aromatic carbocycles.